The summed E-state index contributed by atoms with van der Waals surface area (Å²) in [6.45, 7) is 4.71. The van der Waals surface area contributed by atoms with Crippen molar-refractivity contribution in [1.29, 1.82) is 0 Å². The fraction of sp³-hybridized carbons (Fsp3) is 0.640. The van der Waals surface area contributed by atoms with Crippen LogP contribution in [0.1, 0.15) is 52.4 Å². The Morgan fingerprint density at radius 1 is 1.15 bits per heavy atom. The molecule has 1 aromatic carbocycles. The van der Waals surface area contributed by atoms with Crippen LogP contribution in [0, 0.1) is 11.8 Å². The lowest BCUT2D eigenvalue weighted by atomic mass is 9.66. The van der Waals surface area contributed by atoms with Gasteiger partial charge in [-0.1, -0.05) is 38.0 Å². The number of aliphatic hydroxyl groups excluding tert-OH is 1. The van der Waals surface area contributed by atoms with Gasteiger partial charge < -0.3 is 25.4 Å². The van der Waals surface area contributed by atoms with Gasteiger partial charge in [-0.15, -0.1) is 0 Å². The topological polar surface area (TPSA) is 108 Å². The monoisotopic (exact) mass is 457 g/mol. The van der Waals surface area contributed by atoms with E-state index in [4.69, 9.17) is 4.74 Å². The van der Waals surface area contributed by atoms with Crippen LogP contribution in [-0.2, 0) is 19.1 Å². The minimum atomic E-state index is -1.02. The molecule has 1 spiro atoms. The van der Waals surface area contributed by atoms with E-state index in [0.717, 1.165) is 19.3 Å². The minimum absolute atomic E-state index is 0.0806. The molecule has 0 aliphatic carbocycles. The predicted molar refractivity (Wildman–Crippen MR) is 123 cm³/mol. The summed E-state index contributed by atoms with van der Waals surface area (Å²) in [5.41, 5.74) is -1.16. The van der Waals surface area contributed by atoms with Gasteiger partial charge in [0.2, 0.25) is 17.7 Å². The van der Waals surface area contributed by atoms with Crippen LogP contribution in [0.2, 0.25) is 0 Å². The van der Waals surface area contributed by atoms with Crippen LogP contribution < -0.4 is 10.6 Å². The molecule has 8 heteroatoms. The van der Waals surface area contributed by atoms with Gasteiger partial charge in [0, 0.05) is 25.4 Å². The Hall–Kier alpha value is -2.45. The van der Waals surface area contributed by atoms with Gasteiger partial charge >= 0.3 is 0 Å². The number of nitrogens with one attached hydrogen (secondary N) is 2. The maximum absolute atomic E-state index is 13.7. The van der Waals surface area contributed by atoms with Crippen molar-refractivity contribution < 1.29 is 24.2 Å². The number of amides is 3. The zero-order valence-corrected chi connectivity index (χ0v) is 19.5. The first-order valence-corrected chi connectivity index (χ1v) is 12.1. The Labute approximate surface area is 195 Å². The number of carbonyl (C=O) groups excluding carboxylic acids is 3. The van der Waals surface area contributed by atoms with Crippen molar-refractivity contribution in [2.24, 2.45) is 11.8 Å². The van der Waals surface area contributed by atoms with E-state index in [2.05, 4.69) is 17.6 Å². The molecule has 3 saturated heterocycles. The van der Waals surface area contributed by atoms with Crippen LogP contribution in [0.15, 0.2) is 30.3 Å². The van der Waals surface area contributed by atoms with Crippen molar-refractivity contribution in [2.75, 3.05) is 25.0 Å². The molecule has 0 saturated carbocycles. The zero-order chi connectivity index (χ0) is 23.6. The normalized spacial score (nSPS) is 32.2. The number of anilines is 1. The average Bonchev–Trinajstić information content (AvgIpc) is 3.36. The number of ether oxygens (including phenoxy) is 1. The molecule has 5 atom stereocenters. The van der Waals surface area contributed by atoms with Crippen LogP contribution in [-0.4, -0.2) is 64.7 Å². The second-order valence-corrected chi connectivity index (χ2v) is 9.69. The third-order valence-electron chi connectivity index (χ3n) is 7.49. The highest BCUT2D eigenvalue weighted by Gasteiger charge is 2.77. The number of para-hydroxylation sites is 1. The number of benzene rings is 1. The molecule has 180 valence electrons. The van der Waals surface area contributed by atoms with Crippen LogP contribution in [0.5, 0.6) is 0 Å². The summed E-state index contributed by atoms with van der Waals surface area (Å²) in [5.74, 6) is -2.12. The number of hydrogen-bond donors (Lipinski definition) is 3. The number of unbranched alkanes of at least 4 members (excludes halogenated alkanes) is 2. The fourth-order valence-corrected chi connectivity index (χ4v) is 6.03. The summed E-state index contributed by atoms with van der Waals surface area (Å²) >= 11 is 0. The number of nitrogens with zero attached hydrogens (tertiary/aromatic N) is 1. The maximum atomic E-state index is 13.7. The molecule has 0 radical (unpaired) electrons. The number of carbonyl (C=O) groups is 3. The van der Waals surface area contributed by atoms with Crippen molar-refractivity contribution in [3.63, 3.8) is 0 Å². The van der Waals surface area contributed by atoms with Gasteiger partial charge in [0.1, 0.15) is 11.6 Å². The molecule has 3 N–H and O–H groups in total. The molecule has 3 amide bonds. The molecule has 3 heterocycles. The van der Waals surface area contributed by atoms with Crippen molar-refractivity contribution in [2.45, 2.75) is 69.6 Å². The van der Waals surface area contributed by atoms with Crippen molar-refractivity contribution in [3.05, 3.63) is 30.3 Å². The second kappa shape index (κ2) is 9.43. The predicted octanol–water partition coefficient (Wildman–Crippen LogP) is 2.08. The van der Waals surface area contributed by atoms with E-state index < -0.39 is 29.1 Å². The number of fused-ring (bicyclic) bond motifs is 1. The van der Waals surface area contributed by atoms with Crippen LogP contribution in [0.4, 0.5) is 5.69 Å². The molecule has 2 unspecified atom stereocenters. The summed E-state index contributed by atoms with van der Waals surface area (Å²) < 4.78 is 6.54. The Balaban J connectivity index is 1.63. The first-order chi connectivity index (χ1) is 15.9. The number of hydrogen-bond acceptors (Lipinski definition) is 5. The molecule has 3 fully saturated rings. The molecule has 1 aromatic rings. The lowest BCUT2D eigenvalue weighted by Crippen LogP contribution is -2.55. The third kappa shape index (κ3) is 4.04. The Morgan fingerprint density at radius 2 is 1.91 bits per heavy atom. The minimum Gasteiger partial charge on any atom is -0.396 e. The molecule has 0 aromatic heterocycles. The van der Waals surface area contributed by atoms with Gasteiger partial charge in [0.15, 0.2) is 0 Å². The fourth-order valence-electron chi connectivity index (χ4n) is 6.03. The first-order valence-electron chi connectivity index (χ1n) is 12.1. The highest BCUT2D eigenvalue weighted by atomic mass is 16.5. The third-order valence-corrected chi connectivity index (χ3v) is 7.49. The standard InChI is InChI=1S/C25H35N3O5/c1-3-4-8-14-26-22(31)20-25-13-12-24(2,33-25)18(19(25)23(32)28(20)15-9-16-29)21(30)27-17-10-6-5-7-11-17/h5-7,10-11,18-20,29H,3-4,8-9,12-16H2,1-2H3,(H,26,31)(H,27,30)/t18-,19-,20?,24+,25?/m0/s1. The van der Waals surface area contributed by atoms with E-state index in [1.165, 1.54) is 0 Å². The molecule has 8 nitrogen and oxygen atoms in total. The van der Waals surface area contributed by atoms with E-state index in [0.29, 0.717) is 31.5 Å². The highest BCUT2D eigenvalue weighted by Crippen LogP contribution is 2.63. The number of rotatable bonds is 10. The SMILES string of the molecule is CCCCCNC(=O)C1N(CCCO)C(=O)[C@@H]2[C@@H](C(=O)Nc3ccccc3)[C@@]3(C)CCC12O3. The number of aliphatic hydroxyl groups is 1. The van der Waals surface area contributed by atoms with Crippen LogP contribution in [0.3, 0.4) is 0 Å². The molecular weight excluding hydrogens is 422 g/mol. The van der Waals surface area contributed by atoms with Crippen molar-refractivity contribution in [1.82, 2.24) is 10.2 Å². The molecule has 3 aliphatic heterocycles. The largest absolute Gasteiger partial charge is 0.396 e. The van der Waals surface area contributed by atoms with Gasteiger partial charge in [-0.25, -0.2) is 0 Å². The van der Waals surface area contributed by atoms with Gasteiger partial charge in [-0.05, 0) is 44.7 Å². The molecule has 3 aliphatic rings. The summed E-state index contributed by atoms with van der Waals surface area (Å²) in [6, 6.07) is 8.37. The van der Waals surface area contributed by atoms with Gasteiger partial charge in [0.25, 0.3) is 0 Å². The Kier molecular flexibility index (Phi) is 6.77. The van der Waals surface area contributed by atoms with E-state index in [1.54, 1.807) is 17.0 Å². The summed E-state index contributed by atoms with van der Waals surface area (Å²) in [7, 11) is 0. The second-order valence-electron chi connectivity index (χ2n) is 9.69. The van der Waals surface area contributed by atoms with E-state index >= 15 is 0 Å². The summed E-state index contributed by atoms with van der Waals surface area (Å²) in [6.07, 6.45) is 4.46. The smallest absolute Gasteiger partial charge is 0.245 e. The average molecular weight is 458 g/mol. The summed E-state index contributed by atoms with van der Waals surface area (Å²) in [4.78, 5) is 42.0. The Morgan fingerprint density at radius 3 is 2.61 bits per heavy atom. The summed E-state index contributed by atoms with van der Waals surface area (Å²) in [5, 5.41) is 15.3. The van der Waals surface area contributed by atoms with E-state index in [9.17, 15) is 19.5 Å². The first kappa shape index (κ1) is 23.7. The molecule has 4 rings (SSSR count). The van der Waals surface area contributed by atoms with E-state index in [-0.39, 0.29) is 30.9 Å². The molecular formula is C25H35N3O5. The highest BCUT2D eigenvalue weighted by molar-refractivity contribution is 6.02. The maximum Gasteiger partial charge on any atom is 0.245 e. The van der Waals surface area contributed by atoms with Gasteiger partial charge in [-0.2, -0.15) is 0 Å². The van der Waals surface area contributed by atoms with E-state index in [1.807, 2.05) is 25.1 Å². The van der Waals surface area contributed by atoms with Crippen LogP contribution in [0.25, 0.3) is 0 Å². The van der Waals surface area contributed by atoms with Gasteiger partial charge in [-0.3, -0.25) is 14.4 Å². The van der Waals surface area contributed by atoms with Gasteiger partial charge in [0.05, 0.1) is 17.4 Å². The van der Waals surface area contributed by atoms with Crippen molar-refractivity contribution >= 4 is 23.4 Å². The molecule has 33 heavy (non-hydrogen) atoms. The molecule has 2 bridgehead atoms. The van der Waals surface area contributed by atoms with Crippen LogP contribution >= 0.6 is 0 Å². The Bertz CT molecular complexity index is 893. The quantitative estimate of drug-likeness (QED) is 0.466. The lowest BCUT2D eigenvalue weighted by molar-refractivity contribution is -0.145. The number of likely N-dealkylation sites (tertiary alicyclic amines) is 1. The lowest BCUT2D eigenvalue weighted by Gasteiger charge is -2.33. The van der Waals surface area contributed by atoms with Crippen molar-refractivity contribution in [3.8, 4) is 0 Å². The zero-order valence-electron chi connectivity index (χ0n) is 19.5.